The molecule has 23 heavy (non-hydrogen) atoms. The predicted octanol–water partition coefficient (Wildman–Crippen LogP) is 3.84. The number of carbonyl (C=O) groups is 2. The summed E-state index contributed by atoms with van der Waals surface area (Å²) in [5.41, 5.74) is 0.799. The number of halogens is 1. The Hall–Kier alpha value is -2.89. The first-order chi connectivity index (χ1) is 11.0. The van der Waals surface area contributed by atoms with E-state index in [2.05, 4.69) is 5.32 Å². The molecule has 6 heteroatoms. The third-order valence-corrected chi connectivity index (χ3v) is 3.25. The van der Waals surface area contributed by atoms with Crippen molar-refractivity contribution in [2.24, 2.45) is 0 Å². The van der Waals surface area contributed by atoms with E-state index >= 15 is 0 Å². The van der Waals surface area contributed by atoms with Crippen molar-refractivity contribution >= 4 is 17.7 Å². The molecule has 0 aliphatic carbocycles. The molecule has 2 N–H and O–H groups in total. The summed E-state index contributed by atoms with van der Waals surface area (Å²) in [5.74, 6) is -1.95. The maximum Gasteiger partial charge on any atom is 0.411 e. The van der Waals surface area contributed by atoms with Crippen LogP contribution in [0.3, 0.4) is 0 Å². The van der Waals surface area contributed by atoms with Crippen LogP contribution in [-0.4, -0.2) is 17.2 Å². The molecule has 1 amide bonds. The fraction of sp³-hybridized carbons (Fsp3) is 0.176. The third kappa shape index (κ3) is 4.29. The van der Waals surface area contributed by atoms with E-state index < -0.39 is 17.9 Å². The van der Waals surface area contributed by atoms with Gasteiger partial charge in [-0.15, -0.1) is 0 Å². The van der Waals surface area contributed by atoms with Gasteiger partial charge in [0.2, 0.25) is 0 Å². The van der Waals surface area contributed by atoms with Gasteiger partial charge in [-0.1, -0.05) is 37.3 Å². The number of carboxylic acids is 1. The molecular formula is C17H16FNO4. The molecule has 0 aromatic heterocycles. The highest BCUT2D eigenvalue weighted by molar-refractivity contribution is 5.98. The summed E-state index contributed by atoms with van der Waals surface area (Å²) >= 11 is 0. The lowest BCUT2D eigenvalue weighted by Gasteiger charge is -2.11. The number of hydrogen-bond donors (Lipinski definition) is 2. The van der Waals surface area contributed by atoms with Crippen LogP contribution >= 0.6 is 0 Å². The number of hydrogen-bond acceptors (Lipinski definition) is 3. The van der Waals surface area contributed by atoms with Crippen LogP contribution in [0.5, 0.6) is 0 Å². The molecule has 0 saturated heterocycles. The molecule has 0 spiro atoms. The maximum atomic E-state index is 13.7. The number of ether oxygens (including phenoxy) is 1. The monoisotopic (exact) mass is 317 g/mol. The number of aryl methyl sites for hydroxylation is 1. The van der Waals surface area contributed by atoms with Crippen LogP contribution in [-0.2, 0) is 17.8 Å². The van der Waals surface area contributed by atoms with E-state index in [4.69, 9.17) is 9.84 Å². The zero-order valence-corrected chi connectivity index (χ0v) is 12.5. The van der Waals surface area contributed by atoms with Crippen LogP contribution in [0, 0.1) is 5.82 Å². The molecule has 2 aromatic rings. The number of nitrogens with one attached hydrogen (secondary N) is 1. The predicted molar refractivity (Wildman–Crippen MR) is 83.0 cm³/mol. The van der Waals surface area contributed by atoms with E-state index in [9.17, 15) is 14.0 Å². The molecule has 0 atom stereocenters. The number of carbonyl (C=O) groups excluding carboxylic acids is 1. The van der Waals surface area contributed by atoms with E-state index in [-0.39, 0.29) is 17.9 Å². The second-order valence-corrected chi connectivity index (χ2v) is 4.83. The number of benzene rings is 2. The number of aromatic carboxylic acids is 1. The average molecular weight is 317 g/mol. The van der Waals surface area contributed by atoms with Gasteiger partial charge in [-0.05, 0) is 29.7 Å². The zero-order chi connectivity index (χ0) is 16.8. The third-order valence-electron chi connectivity index (χ3n) is 3.25. The van der Waals surface area contributed by atoms with Crippen molar-refractivity contribution in [1.82, 2.24) is 0 Å². The van der Waals surface area contributed by atoms with Crippen LogP contribution < -0.4 is 5.32 Å². The van der Waals surface area contributed by atoms with Crippen molar-refractivity contribution in [2.75, 3.05) is 5.32 Å². The Bertz CT molecular complexity index is 716. The topological polar surface area (TPSA) is 75.6 Å². The molecule has 5 nitrogen and oxygen atoms in total. The number of amides is 1. The molecule has 0 aliphatic rings. The lowest BCUT2D eigenvalue weighted by Crippen LogP contribution is -2.16. The summed E-state index contributed by atoms with van der Waals surface area (Å²) in [5, 5.41) is 11.5. The van der Waals surface area contributed by atoms with Gasteiger partial charge in [-0.25, -0.2) is 14.0 Å². The zero-order valence-electron chi connectivity index (χ0n) is 12.5. The first-order valence-corrected chi connectivity index (χ1v) is 7.04. The molecule has 0 radical (unpaired) electrons. The van der Waals surface area contributed by atoms with Crippen molar-refractivity contribution in [1.29, 1.82) is 0 Å². The van der Waals surface area contributed by atoms with E-state index in [0.29, 0.717) is 12.0 Å². The van der Waals surface area contributed by atoms with Crippen LogP contribution in [0.4, 0.5) is 14.9 Å². The van der Waals surface area contributed by atoms with Gasteiger partial charge >= 0.3 is 12.1 Å². The fourth-order valence-electron chi connectivity index (χ4n) is 2.04. The Morgan fingerprint density at radius 1 is 1.22 bits per heavy atom. The van der Waals surface area contributed by atoms with Gasteiger partial charge < -0.3 is 9.84 Å². The molecule has 0 saturated carbocycles. The van der Waals surface area contributed by atoms with Gasteiger partial charge in [0.15, 0.2) is 0 Å². The van der Waals surface area contributed by atoms with E-state index in [1.54, 1.807) is 19.1 Å². The van der Waals surface area contributed by atoms with Crippen molar-refractivity contribution < 1.29 is 23.8 Å². The highest BCUT2D eigenvalue weighted by Crippen LogP contribution is 2.22. The van der Waals surface area contributed by atoms with Crippen LogP contribution in [0.25, 0.3) is 0 Å². The number of rotatable bonds is 5. The average Bonchev–Trinajstić information content (AvgIpc) is 2.55. The molecule has 2 rings (SSSR count). The maximum absolute atomic E-state index is 13.7. The van der Waals surface area contributed by atoms with E-state index in [0.717, 1.165) is 11.6 Å². The molecule has 0 heterocycles. The lowest BCUT2D eigenvalue weighted by atomic mass is 10.1. The van der Waals surface area contributed by atoms with Gasteiger partial charge in [0.25, 0.3) is 0 Å². The van der Waals surface area contributed by atoms with Crippen LogP contribution in [0.15, 0.2) is 42.5 Å². The summed E-state index contributed by atoms with van der Waals surface area (Å²) in [6, 6.07) is 11.3. The Balaban J connectivity index is 2.11. The Morgan fingerprint density at radius 3 is 2.52 bits per heavy atom. The Kier molecular flexibility index (Phi) is 5.30. The first-order valence-electron chi connectivity index (χ1n) is 7.04. The standard InChI is InChI=1S/C17H16FNO4/c1-2-12-8-15(13(16(20)21)9-14(12)18)19-17(22)23-10-11-6-4-3-5-7-11/h3-9H,2,10H2,1H3,(H,19,22)(H,20,21). The number of carboxylic acid groups (broad SMARTS) is 1. The summed E-state index contributed by atoms with van der Waals surface area (Å²) < 4.78 is 18.7. The second kappa shape index (κ2) is 7.40. The summed E-state index contributed by atoms with van der Waals surface area (Å²) in [4.78, 5) is 23.0. The minimum atomic E-state index is -1.33. The van der Waals surface area contributed by atoms with Crippen molar-refractivity contribution in [2.45, 2.75) is 20.0 Å². The molecule has 2 aromatic carbocycles. The van der Waals surface area contributed by atoms with Crippen molar-refractivity contribution in [3.8, 4) is 0 Å². The van der Waals surface area contributed by atoms with Gasteiger partial charge in [-0.3, -0.25) is 5.32 Å². The fourth-order valence-corrected chi connectivity index (χ4v) is 2.04. The van der Waals surface area contributed by atoms with Gasteiger partial charge in [0.1, 0.15) is 12.4 Å². The van der Waals surface area contributed by atoms with Crippen LogP contribution in [0.1, 0.15) is 28.4 Å². The first kappa shape index (κ1) is 16.5. The highest BCUT2D eigenvalue weighted by Gasteiger charge is 2.17. The summed E-state index contributed by atoms with van der Waals surface area (Å²) in [6.45, 7) is 1.78. The second-order valence-electron chi connectivity index (χ2n) is 4.83. The van der Waals surface area contributed by atoms with Gasteiger partial charge in [0, 0.05) is 0 Å². The van der Waals surface area contributed by atoms with Gasteiger partial charge in [-0.2, -0.15) is 0 Å². The lowest BCUT2D eigenvalue weighted by molar-refractivity contribution is 0.0697. The van der Waals surface area contributed by atoms with Crippen molar-refractivity contribution in [3.05, 3.63) is 65.0 Å². The number of anilines is 1. The molecule has 0 fully saturated rings. The molecule has 0 unspecified atom stereocenters. The summed E-state index contributed by atoms with van der Waals surface area (Å²) in [7, 11) is 0. The summed E-state index contributed by atoms with van der Waals surface area (Å²) in [6.07, 6.45) is -0.426. The largest absolute Gasteiger partial charge is 0.478 e. The Morgan fingerprint density at radius 2 is 1.91 bits per heavy atom. The minimum Gasteiger partial charge on any atom is -0.478 e. The smallest absolute Gasteiger partial charge is 0.411 e. The molecule has 0 bridgehead atoms. The van der Waals surface area contributed by atoms with Crippen LogP contribution in [0.2, 0.25) is 0 Å². The Labute approximate surface area is 132 Å². The molecular weight excluding hydrogens is 301 g/mol. The molecule has 120 valence electrons. The normalized spacial score (nSPS) is 10.2. The molecule has 0 aliphatic heterocycles. The van der Waals surface area contributed by atoms with E-state index in [1.807, 2.05) is 18.2 Å². The quantitative estimate of drug-likeness (QED) is 0.878. The SMILES string of the molecule is CCc1cc(NC(=O)OCc2ccccc2)c(C(=O)O)cc1F. The van der Waals surface area contributed by atoms with Gasteiger partial charge in [0.05, 0.1) is 11.3 Å². The van der Waals surface area contributed by atoms with E-state index in [1.165, 1.54) is 6.07 Å². The van der Waals surface area contributed by atoms with Crippen molar-refractivity contribution in [3.63, 3.8) is 0 Å². The minimum absolute atomic E-state index is 0.00816. The highest BCUT2D eigenvalue weighted by atomic mass is 19.1.